The molecular weight excluding hydrogens is 346 g/mol. The predicted octanol–water partition coefficient (Wildman–Crippen LogP) is 4.94. The van der Waals surface area contributed by atoms with E-state index >= 15 is 0 Å². The second kappa shape index (κ2) is 7.39. The lowest BCUT2D eigenvalue weighted by Crippen LogP contribution is -2.50. The first kappa shape index (κ1) is 18.1. The van der Waals surface area contributed by atoms with Crippen LogP contribution < -0.4 is 9.92 Å². The van der Waals surface area contributed by atoms with Gasteiger partial charge in [-0.15, -0.1) is 0 Å². The zero-order valence-electron chi connectivity index (χ0n) is 16.4. The number of allylic oxidation sites excluding steroid dienone is 1. The number of fused-ring (bicyclic) bond motifs is 1. The van der Waals surface area contributed by atoms with Gasteiger partial charge in [-0.05, 0) is 41.3 Å². The van der Waals surface area contributed by atoms with E-state index in [0.717, 1.165) is 5.75 Å². The van der Waals surface area contributed by atoms with Crippen LogP contribution in [0.25, 0.3) is 6.08 Å². The lowest BCUT2D eigenvalue weighted by molar-refractivity contribution is 0.366. The minimum Gasteiger partial charge on any atom is -0.490 e. The van der Waals surface area contributed by atoms with Crippen molar-refractivity contribution < 1.29 is 4.74 Å². The van der Waals surface area contributed by atoms with Gasteiger partial charge >= 0.3 is 0 Å². The van der Waals surface area contributed by atoms with Crippen LogP contribution in [-0.4, -0.2) is 32.7 Å². The van der Waals surface area contributed by atoms with E-state index in [-0.39, 0.29) is 0 Å². The van der Waals surface area contributed by atoms with E-state index in [2.05, 4.69) is 79.2 Å². The van der Waals surface area contributed by atoms with Crippen LogP contribution >= 0.6 is 0 Å². The zero-order chi connectivity index (χ0) is 18.9. The third-order valence-electron chi connectivity index (χ3n) is 6.04. The van der Waals surface area contributed by atoms with Crippen LogP contribution in [0.4, 0.5) is 0 Å². The monoisotopic (exact) mass is 375 g/mol. The van der Waals surface area contributed by atoms with E-state index in [0.29, 0.717) is 12.1 Å². The zero-order valence-corrected chi connectivity index (χ0v) is 17.4. The Morgan fingerprint density at radius 1 is 1.07 bits per heavy atom. The molecule has 3 heteroatoms. The SMILES string of the molecule is C=CCOc1ccccc1[Si](C)(C)C1C(N2CCCC2)=Cc2ccccc21. The number of hydrogen-bond donors (Lipinski definition) is 0. The molecule has 2 nitrogen and oxygen atoms in total. The van der Waals surface area contributed by atoms with Gasteiger partial charge in [-0.3, -0.25) is 0 Å². The molecule has 0 aromatic heterocycles. The van der Waals surface area contributed by atoms with E-state index < -0.39 is 8.07 Å². The molecule has 140 valence electrons. The number of hydrogen-bond acceptors (Lipinski definition) is 2. The molecule has 27 heavy (non-hydrogen) atoms. The maximum atomic E-state index is 6.06. The van der Waals surface area contributed by atoms with Crippen molar-refractivity contribution in [3.05, 3.63) is 78.0 Å². The molecule has 0 bridgehead atoms. The average Bonchev–Trinajstić information content (AvgIpc) is 3.34. The molecule has 0 radical (unpaired) electrons. The predicted molar refractivity (Wildman–Crippen MR) is 117 cm³/mol. The molecule has 1 atom stereocenters. The normalized spacial score (nSPS) is 19.0. The lowest BCUT2D eigenvalue weighted by atomic mass is 10.1. The molecular formula is C24H29NOSi. The summed E-state index contributed by atoms with van der Waals surface area (Å²) < 4.78 is 6.06. The fourth-order valence-corrected chi connectivity index (χ4v) is 8.42. The van der Waals surface area contributed by atoms with Gasteiger partial charge in [-0.1, -0.05) is 68.2 Å². The van der Waals surface area contributed by atoms with Crippen LogP contribution in [0, 0.1) is 0 Å². The molecule has 1 saturated heterocycles. The maximum Gasteiger partial charge on any atom is 0.119 e. The Labute approximate surface area is 164 Å². The van der Waals surface area contributed by atoms with Crippen molar-refractivity contribution in [2.45, 2.75) is 31.5 Å². The summed E-state index contributed by atoms with van der Waals surface area (Å²) in [6, 6.07) is 17.6. The van der Waals surface area contributed by atoms with E-state index in [9.17, 15) is 0 Å². The van der Waals surface area contributed by atoms with Gasteiger partial charge in [-0.2, -0.15) is 0 Å². The summed E-state index contributed by atoms with van der Waals surface area (Å²) in [5, 5.41) is 1.40. The number of ether oxygens (including phenoxy) is 1. The number of likely N-dealkylation sites (tertiary alicyclic amines) is 1. The Balaban J connectivity index is 1.79. The highest BCUT2D eigenvalue weighted by atomic mass is 28.3. The Hall–Kier alpha value is -2.26. The largest absolute Gasteiger partial charge is 0.490 e. The van der Waals surface area contributed by atoms with Crippen molar-refractivity contribution in [3.63, 3.8) is 0 Å². The van der Waals surface area contributed by atoms with Crippen molar-refractivity contribution in [1.29, 1.82) is 0 Å². The van der Waals surface area contributed by atoms with Gasteiger partial charge in [0.1, 0.15) is 12.4 Å². The van der Waals surface area contributed by atoms with Crippen molar-refractivity contribution in [2.75, 3.05) is 19.7 Å². The topological polar surface area (TPSA) is 12.5 Å². The Morgan fingerprint density at radius 3 is 2.56 bits per heavy atom. The molecule has 1 aliphatic carbocycles. The van der Waals surface area contributed by atoms with Gasteiger partial charge < -0.3 is 9.64 Å². The molecule has 1 fully saturated rings. The standard InChI is InChI=1S/C24H29NOSi/c1-4-17-26-22-13-7-8-14-23(22)27(2,3)24-20-12-6-5-11-19(20)18-21(24)25-15-9-10-16-25/h4-8,11-14,18,24H,1,9-10,15-17H2,2-3H3. The van der Waals surface area contributed by atoms with Crippen LogP contribution in [-0.2, 0) is 0 Å². The van der Waals surface area contributed by atoms with E-state index in [1.807, 2.05) is 6.08 Å². The summed E-state index contributed by atoms with van der Waals surface area (Å²) in [5.74, 6) is 1.03. The highest BCUT2D eigenvalue weighted by Crippen LogP contribution is 2.45. The maximum absolute atomic E-state index is 6.06. The highest BCUT2D eigenvalue weighted by molar-refractivity contribution is 6.92. The van der Waals surface area contributed by atoms with Gasteiger partial charge in [0.15, 0.2) is 0 Å². The molecule has 1 unspecified atom stereocenters. The molecule has 0 amide bonds. The van der Waals surface area contributed by atoms with Crippen LogP contribution in [0.1, 0.15) is 29.5 Å². The third kappa shape index (κ3) is 3.25. The summed E-state index contributed by atoms with van der Waals surface area (Å²) >= 11 is 0. The molecule has 4 rings (SSSR count). The van der Waals surface area contributed by atoms with E-state index in [4.69, 9.17) is 4.74 Å². The van der Waals surface area contributed by atoms with Crippen molar-refractivity contribution in [3.8, 4) is 5.75 Å². The molecule has 0 spiro atoms. The summed E-state index contributed by atoms with van der Waals surface area (Å²) in [6.45, 7) is 11.7. The van der Waals surface area contributed by atoms with Gasteiger partial charge in [0.05, 0.1) is 8.07 Å². The van der Waals surface area contributed by atoms with Crippen LogP contribution in [0.2, 0.25) is 13.1 Å². The smallest absolute Gasteiger partial charge is 0.119 e. The van der Waals surface area contributed by atoms with Crippen molar-refractivity contribution in [2.24, 2.45) is 0 Å². The molecule has 2 aliphatic rings. The van der Waals surface area contributed by atoms with E-state index in [1.165, 1.54) is 47.9 Å². The molecule has 0 N–H and O–H groups in total. The fraction of sp³-hybridized carbons (Fsp3) is 0.333. The minimum absolute atomic E-state index is 0.472. The molecule has 2 aromatic carbocycles. The average molecular weight is 376 g/mol. The van der Waals surface area contributed by atoms with Gasteiger partial charge in [-0.25, -0.2) is 0 Å². The Morgan fingerprint density at radius 2 is 1.78 bits per heavy atom. The van der Waals surface area contributed by atoms with Crippen LogP contribution in [0.5, 0.6) is 5.75 Å². The quantitative estimate of drug-likeness (QED) is 0.524. The number of benzene rings is 2. The minimum atomic E-state index is -1.89. The summed E-state index contributed by atoms with van der Waals surface area (Å²) in [5.41, 5.74) is 4.90. The number of rotatable bonds is 6. The van der Waals surface area contributed by atoms with Gasteiger partial charge in [0.25, 0.3) is 0 Å². The number of para-hydroxylation sites is 1. The van der Waals surface area contributed by atoms with Gasteiger partial charge in [0, 0.05) is 24.3 Å². The Bertz CT molecular complexity index is 864. The first-order valence-corrected chi connectivity index (χ1v) is 13.1. The third-order valence-corrected chi connectivity index (χ3v) is 9.89. The Kier molecular flexibility index (Phi) is 4.96. The molecule has 2 aromatic rings. The van der Waals surface area contributed by atoms with Crippen LogP contribution in [0.15, 0.2) is 66.9 Å². The van der Waals surface area contributed by atoms with Crippen molar-refractivity contribution >= 4 is 19.3 Å². The fourth-order valence-electron chi connectivity index (χ4n) is 4.74. The first-order chi connectivity index (χ1) is 13.1. The summed E-state index contributed by atoms with van der Waals surface area (Å²) in [4.78, 5) is 2.63. The molecule has 1 heterocycles. The van der Waals surface area contributed by atoms with Crippen LogP contribution in [0.3, 0.4) is 0 Å². The number of nitrogens with zero attached hydrogens (tertiary/aromatic N) is 1. The van der Waals surface area contributed by atoms with E-state index in [1.54, 1.807) is 0 Å². The second-order valence-electron chi connectivity index (χ2n) is 8.14. The molecule has 0 saturated carbocycles. The highest BCUT2D eigenvalue weighted by Gasteiger charge is 2.44. The lowest BCUT2D eigenvalue weighted by Gasteiger charge is -2.37. The summed E-state index contributed by atoms with van der Waals surface area (Å²) in [7, 11) is -1.89. The first-order valence-electron chi connectivity index (χ1n) is 10.0. The molecule has 1 aliphatic heterocycles. The summed E-state index contributed by atoms with van der Waals surface area (Å²) in [6.07, 6.45) is 6.89. The van der Waals surface area contributed by atoms with Gasteiger partial charge in [0.2, 0.25) is 0 Å². The second-order valence-corrected chi connectivity index (χ2v) is 12.7. The van der Waals surface area contributed by atoms with Crippen molar-refractivity contribution in [1.82, 2.24) is 4.90 Å².